The van der Waals surface area contributed by atoms with Crippen LogP contribution >= 0.6 is 0 Å². The molecule has 0 unspecified atom stereocenters. The summed E-state index contributed by atoms with van der Waals surface area (Å²) in [7, 11) is 0. The molecule has 0 saturated heterocycles. The molecular weight excluding hydrogens is 260 g/mol. The third kappa shape index (κ3) is 3.48. The van der Waals surface area contributed by atoms with Crippen molar-refractivity contribution < 1.29 is 27.8 Å². The maximum atomic E-state index is 12.3. The van der Waals surface area contributed by atoms with Crippen LogP contribution in [0.4, 0.5) is 8.78 Å². The number of hydrogen-bond donors (Lipinski definition) is 0. The van der Waals surface area contributed by atoms with Gasteiger partial charge in [-0.15, -0.1) is 0 Å². The topological polar surface area (TPSA) is 76.4 Å². The van der Waals surface area contributed by atoms with E-state index < -0.39 is 23.9 Å². The first kappa shape index (κ1) is 14.6. The SMILES string of the molecule is CCOC(=O)c1c(C=O)cc(C#N)cc1OC(F)F. The lowest BCUT2D eigenvalue weighted by Gasteiger charge is -2.12. The number of ether oxygens (including phenoxy) is 2. The Bertz CT molecular complexity index is 537. The minimum Gasteiger partial charge on any atom is -0.462 e. The molecule has 100 valence electrons. The standard InChI is InChI=1S/C12H9F2NO4/c1-2-18-11(17)10-8(6-16)3-7(5-15)4-9(10)19-12(13)14/h3-4,6,12H,2H2,1H3. The number of benzene rings is 1. The summed E-state index contributed by atoms with van der Waals surface area (Å²) in [6, 6.07) is 3.72. The number of esters is 1. The van der Waals surface area contributed by atoms with Gasteiger partial charge >= 0.3 is 12.6 Å². The molecule has 0 aromatic heterocycles. The Morgan fingerprint density at radius 2 is 2.21 bits per heavy atom. The summed E-state index contributed by atoms with van der Waals surface area (Å²) in [5.41, 5.74) is -0.741. The van der Waals surface area contributed by atoms with E-state index in [2.05, 4.69) is 9.47 Å². The molecule has 0 spiro atoms. The number of rotatable bonds is 5. The summed E-state index contributed by atoms with van der Waals surface area (Å²) in [5.74, 6) is -1.53. The largest absolute Gasteiger partial charge is 0.462 e. The number of hydrogen-bond acceptors (Lipinski definition) is 5. The number of nitriles is 1. The molecule has 0 amide bonds. The van der Waals surface area contributed by atoms with Gasteiger partial charge < -0.3 is 9.47 Å². The van der Waals surface area contributed by atoms with Gasteiger partial charge in [0.25, 0.3) is 0 Å². The molecule has 5 nitrogen and oxygen atoms in total. The Hall–Kier alpha value is -2.49. The monoisotopic (exact) mass is 269 g/mol. The first-order valence-electron chi connectivity index (χ1n) is 5.18. The summed E-state index contributed by atoms with van der Waals surface area (Å²) >= 11 is 0. The van der Waals surface area contributed by atoms with Crippen LogP contribution in [0.3, 0.4) is 0 Å². The smallest absolute Gasteiger partial charge is 0.387 e. The number of aldehydes is 1. The zero-order valence-electron chi connectivity index (χ0n) is 9.85. The van der Waals surface area contributed by atoms with E-state index in [9.17, 15) is 18.4 Å². The first-order chi connectivity index (χ1) is 9.03. The Morgan fingerprint density at radius 3 is 2.68 bits per heavy atom. The lowest BCUT2D eigenvalue weighted by atomic mass is 10.0. The lowest BCUT2D eigenvalue weighted by molar-refractivity contribution is -0.0505. The molecule has 0 saturated carbocycles. The molecule has 0 aliphatic rings. The Morgan fingerprint density at radius 1 is 1.53 bits per heavy atom. The molecule has 7 heteroatoms. The van der Waals surface area contributed by atoms with Crippen molar-refractivity contribution in [2.24, 2.45) is 0 Å². The van der Waals surface area contributed by atoms with Crippen LogP contribution in [-0.4, -0.2) is 25.5 Å². The molecule has 0 fully saturated rings. The maximum absolute atomic E-state index is 12.3. The predicted molar refractivity (Wildman–Crippen MR) is 59.1 cm³/mol. The van der Waals surface area contributed by atoms with Crippen LogP contribution in [0.5, 0.6) is 5.75 Å². The molecule has 1 aromatic rings. The normalized spacial score (nSPS) is 9.84. The van der Waals surface area contributed by atoms with Gasteiger partial charge in [-0.1, -0.05) is 0 Å². The highest BCUT2D eigenvalue weighted by Gasteiger charge is 2.22. The fourth-order valence-corrected chi connectivity index (χ4v) is 1.41. The first-order valence-corrected chi connectivity index (χ1v) is 5.18. The van der Waals surface area contributed by atoms with Crippen LogP contribution < -0.4 is 4.74 Å². The summed E-state index contributed by atoms with van der Waals surface area (Å²) < 4.78 is 33.4. The highest BCUT2D eigenvalue weighted by atomic mass is 19.3. The molecule has 0 N–H and O–H groups in total. The van der Waals surface area contributed by atoms with Crippen molar-refractivity contribution in [1.82, 2.24) is 0 Å². The van der Waals surface area contributed by atoms with E-state index in [-0.39, 0.29) is 24.0 Å². The molecule has 0 aliphatic heterocycles. The minimum atomic E-state index is -3.19. The zero-order chi connectivity index (χ0) is 14.4. The van der Waals surface area contributed by atoms with Gasteiger partial charge in [-0.25, -0.2) is 4.79 Å². The number of halogens is 2. The van der Waals surface area contributed by atoms with Crippen LogP contribution in [0.2, 0.25) is 0 Å². The van der Waals surface area contributed by atoms with E-state index in [1.165, 1.54) is 6.92 Å². The molecule has 1 aromatic carbocycles. The fraction of sp³-hybridized carbons (Fsp3) is 0.250. The van der Waals surface area contributed by atoms with Crippen molar-refractivity contribution in [2.45, 2.75) is 13.5 Å². The zero-order valence-corrected chi connectivity index (χ0v) is 9.85. The highest BCUT2D eigenvalue weighted by molar-refractivity contribution is 6.01. The van der Waals surface area contributed by atoms with Gasteiger partial charge in [0.1, 0.15) is 11.3 Å². The second-order valence-corrected chi connectivity index (χ2v) is 3.27. The molecule has 0 heterocycles. The minimum absolute atomic E-state index is 0.00521. The second kappa shape index (κ2) is 6.44. The number of carbonyl (C=O) groups excluding carboxylic acids is 2. The van der Waals surface area contributed by atoms with E-state index in [4.69, 9.17) is 5.26 Å². The quantitative estimate of drug-likeness (QED) is 0.604. The van der Waals surface area contributed by atoms with Gasteiger partial charge in [0.2, 0.25) is 0 Å². The predicted octanol–water partition coefficient (Wildman–Crippen LogP) is 2.15. The molecule has 0 aliphatic carbocycles. The number of nitrogens with zero attached hydrogens (tertiary/aromatic N) is 1. The van der Waals surface area contributed by atoms with Crippen molar-refractivity contribution in [2.75, 3.05) is 6.61 Å². The van der Waals surface area contributed by atoms with E-state index in [1.54, 1.807) is 6.07 Å². The Balaban J connectivity index is 3.42. The van der Waals surface area contributed by atoms with Crippen LogP contribution in [0, 0.1) is 11.3 Å². The third-order valence-corrected chi connectivity index (χ3v) is 2.08. The van der Waals surface area contributed by atoms with Gasteiger partial charge in [0.15, 0.2) is 6.29 Å². The van der Waals surface area contributed by atoms with Gasteiger partial charge in [-0.05, 0) is 19.1 Å². The van der Waals surface area contributed by atoms with Gasteiger partial charge in [-0.3, -0.25) is 4.79 Å². The van der Waals surface area contributed by atoms with Crippen molar-refractivity contribution >= 4 is 12.3 Å². The molecule has 0 bridgehead atoms. The van der Waals surface area contributed by atoms with Crippen LogP contribution in [0.25, 0.3) is 0 Å². The second-order valence-electron chi connectivity index (χ2n) is 3.27. The van der Waals surface area contributed by atoms with Crippen LogP contribution in [0.15, 0.2) is 12.1 Å². The van der Waals surface area contributed by atoms with E-state index in [0.29, 0.717) is 0 Å². The van der Waals surface area contributed by atoms with Gasteiger partial charge in [0.05, 0.1) is 18.2 Å². The van der Waals surface area contributed by atoms with E-state index in [1.807, 2.05) is 0 Å². The lowest BCUT2D eigenvalue weighted by Crippen LogP contribution is -2.13. The van der Waals surface area contributed by atoms with Crippen molar-refractivity contribution in [3.8, 4) is 11.8 Å². The van der Waals surface area contributed by atoms with Crippen LogP contribution in [0.1, 0.15) is 33.2 Å². The molecule has 1 rings (SSSR count). The summed E-state index contributed by atoms with van der Waals surface area (Å²) in [6.07, 6.45) is 0.269. The molecule has 0 radical (unpaired) electrons. The Kier molecular flexibility index (Phi) is 4.94. The van der Waals surface area contributed by atoms with Crippen LogP contribution in [-0.2, 0) is 4.74 Å². The van der Waals surface area contributed by atoms with Crippen molar-refractivity contribution in [1.29, 1.82) is 5.26 Å². The Labute approximate surface area is 107 Å². The van der Waals surface area contributed by atoms with E-state index in [0.717, 1.165) is 12.1 Å². The summed E-state index contributed by atoms with van der Waals surface area (Å²) in [4.78, 5) is 22.5. The van der Waals surface area contributed by atoms with E-state index >= 15 is 0 Å². The summed E-state index contributed by atoms with van der Waals surface area (Å²) in [5, 5.41) is 8.72. The summed E-state index contributed by atoms with van der Waals surface area (Å²) in [6.45, 7) is -1.66. The highest BCUT2D eigenvalue weighted by Crippen LogP contribution is 2.26. The van der Waals surface area contributed by atoms with Gasteiger partial charge in [-0.2, -0.15) is 14.0 Å². The van der Waals surface area contributed by atoms with Gasteiger partial charge in [0, 0.05) is 5.56 Å². The molecular formula is C12H9F2NO4. The average molecular weight is 269 g/mol. The maximum Gasteiger partial charge on any atom is 0.387 e. The van der Waals surface area contributed by atoms with Crippen molar-refractivity contribution in [3.63, 3.8) is 0 Å². The fourth-order valence-electron chi connectivity index (χ4n) is 1.41. The average Bonchev–Trinajstić information content (AvgIpc) is 2.37. The third-order valence-electron chi connectivity index (χ3n) is 2.08. The molecule has 19 heavy (non-hydrogen) atoms. The number of alkyl halides is 2. The molecule has 0 atom stereocenters. The van der Waals surface area contributed by atoms with Crippen molar-refractivity contribution in [3.05, 3.63) is 28.8 Å². The number of carbonyl (C=O) groups is 2.